The molecule has 82 valence electrons. The maximum absolute atomic E-state index is 11.2. The maximum atomic E-state index is 11.2. The van der Waals surface area contributed by atoms with E-state index < -0.39 is 0 Å². The summed E-state index contributed by atoms with van der Waals surface area (Å²) in [6, 6.07) is 0. The number of amides is 1. The molecule has 0 saturated heterocycles. The molecule has 0 aromatic carbocycles. The SMILES string of the molecule is CCCN(CC(=O)CC)CC(=O)NC. The molecular formula is C10H20N2O2. The molecule has 0 spiro atoms. The summed E-state index contributed by atoms with van der Waals surface area (Å²) in [6.07, 6.45) is 1.49. The molecule has 4 heteroatoms. The molecule has 0 aliphatic rings. The van der Waals surface area contributed by atoms with Crippen LogP contribution in [0.15, 0.2) is 0 Å². The van der Waals surface area contributed by atoms with Crippen molar-refractivity contribution in [1.82, 2.24) is 10.2 Å². The summed E-state index contributed by atoms with van der Waals surface area (Å²) < 4.78 is 0. The highest BCUT2D eigenvalue weighted by atomic mass is 16.2. The van der Waals surface area contributed by atoms with Gasteiger partial charge in [-0.1, -0.05) is 13.8 Å². The summed E-state index contributed by atoms with van der Waals surface area (Å²) in [5, 5.41) is 2.55. The van der Waals surface area contributed by atoms with Crippen LogP contribution in [0.4, 0.5) is 0 Å². The Bertz CT molecular complexity index is 175. The number of nitrogens with one attached hydrogen (secondary N) is 1. The van der Waals surface area contributed by atoms with E-state index in [9.17, 15) is 9.59 Å². The Labute approximate surface area is 85.7 Å². The molecule has 4 nitrogen and oxygen atoms in total. The topological polar surface area (TPSA) is 49.4 Å². The Morgan fingerprint density at radius 3 is 2.29 bits per heavy atom. The molecule has 0 fully saturated rings. The van der Waals surface area contributed by atoms with E-state index in [1.54, 1.807) is 7.05 Å². The second-order valence-corrected chi connectivity index (χ2v) is 3.28. The molecule has 14 heavy (non-hydrogen) atoms. The van der Waals surface area contributed by atoms with E-state index in [4.69, 9.17) is 0 Å². The van der Waals surface area contributed by atoms with Crippen molar-refractivity contribution in [3.63, 3.8) is 0 Å². The molecule has 0 rings (SSSR count). The standard InChI is InChI=1S/C10H20N2O2/c1-4-6-12(7-9(13)5-2)8-10(14)11-3/h4-8H2,1-3H3,(H,11,14). The van der Waals surface area contributed by atoms with Crippen molar-refractivity contribution in [3.05, 3.63) is 0 Å². The zero-order chi connectivity index (χ0) is 11.0. The normalized spacial score (nSPS) is 10.3. The van der Waals surface area contributed by atoms with E-state index >= 15 is 0 Å². The van der Waals surface area contributed by atoms with Crippen molar-refractivity contribution < 1.29 is 9.59 Å². The van der Waals surface area contributed by atoms with Crippen molar-refractivity contribution >= 4 is 11.7 Å². The van der Waals surface area contributed by atoms with E-state index in [0.29, 0.717) is 19.5 Å². The first kappa shape index (κ1) is 13.1. The molecule has 0 saturated carbocycles. The Balaban J connectivity index is 4.00. The minimum Gasteiger partial charge on any atom is -0.358 e. The van der Waals surface area contributed by atoms with E-state index in [2.05, 4.69) is 5.32 Å². The van der Waals surface area contributed by atoms with Gasteiger partial charge in [0.2, 0.25) is 5.91 Å². The minimum atomic E-state index is -0.0395. The second kappa shape index (κ2) is 7.50. The van der Waals surface area contributed by atoms with Crippen LogP contribution in [0, 0.1) is 0 Å². The highest BCUT2D eigenvalue weighted by Gasteiger charge is 2.11. The van der Waals surface area contributed by atoms with Crippen LogP contribution in [0.1, 0.15) is 26.7 Å². The number of carbonyl (C=O) groups excluding carboxylic acids is 2. The molecule has 0 radical (unpaired) electrons. The van der Waals surface area contributed by atoms with Gasteiger partial charge in [0, 0.05) is 13.5 Å². The number of likely N-dealkylation sites (N-methyl/N-ethyl adjacent to an activating group) is 1. The van der Waals surface area contributed by atoms with E-state index in [-0.39, 0.29) is 11.7 Å². The molecule has 1 N–H and O–H groups in total. The fourth-order valence-corrected chi connectivity index (χ4v) is 1.17. The van der Waals surface area contributed by atoms with Crippen molar-refractivity contribution in [2.75, 3.05) is 26.7 Å². The van der Waals surface area contributed by atoms with E-state index in [0.717, 1.165) is 13.0 Å². The van der Waals surface area contributed by atoms with Gasteiger partial charge < -0.3 is 5.32 Å². The molecule has 0 aromatic heterocycles. The Morgan fingerprint density at radius 2 is 1.86 bits per heavy atom. The largest absolute Gasteiger partial charge is 0.358 e. The highest BCUT2D eigenvalue weighted by molar-refractivity contribution is 5.82. The van der Waals surface area contributed by atoms with Gasteiger partial charge in [-0.15, -0.1) is 0 Å². The number of rotatable bonds is 7. The predicted molar refractivity (Wildman–Crippen MR) is 56.1 cm³/mol. The summed E-state index contributed by atoms with van der Waals surface area (Å²) in [5.74, 6) is 0.143. The first-order valence-electron chi connectivity index (χ1n) is 5.08. The third-order valence-corrected chi connectivity index (χ3v) is 1.98. The fourth-order valence-electron chi connectivity index (χ4n) is 1.17. The van der Waals surface area contributed by atoms with Gasteiger partial charge in [0.15, 0.2) is 0 Å². The van der Waals surface area contributed by atoms with Crippen molar-refractivity contribution in [1.29, 1.82) is 0 Å². The van der Waals surface area contributed by atoms with E-state index in [1.165, 1.54) is 0 Å². The molecule has 1 amide bonds. The van der Waals surface area contributed by atoms with Gasteiger partial charge in [-0.2, -0.15) is 0 Å². The van der Waals surface area contributed by atoms with Crippen LogP contribution < -0.4 is 5.32 Å². The van der Waals surface area contributed by atoms with Crippen LogP contribution in [0.5, 0.6) is 0 Å². The number of hydrogen-bond donors (Lipinski definition) is 1. The van der Waals surface area contributed by atoms with Gasteiger partial charge in [0.25, 0.3) is 0 Å². The molecular weight excluding hydrogens is 180 g/mol. The Hall–Kier alpha value is -0.900. The van der Waals surface area contributed by atoms with Crippen LogP contribution >= 0.6 is 0 Å². The summed E-state index contributed by atoms with van der Waals surface area (Å²) in [4.78, 5) is 24.2. The summed E-state index contributed by atoms with van der Waals surface area (Å²) >= 11 is 0. The van der Waals surface area contributed by atoms with Crippen LogP contribution in [0.3, 0.4) is 0 Å². The lowest BCUT2D eigenvalue weighted by Crippen LogP contribution is -2.38. The first-order chi connectivity index (χ1) is 6.63. The zero-order valence-electron chi connectivity index (χ0n) is 9.30. The average molecular weight is 200 g/mol. The predicted octanol–water partition coefficient (Wildman–Crippen LogP) is 0.424. The Morgan fingerprint density at radius 1 is 1.21 bits per heavy atom. The number of Topliss-reactive ketones (excluding diaryl/α,β-unsaturated/α-hetero) is 1. The van der Waals surface area contributed by atoms with Crippen molar-refractivity contribution in [2.24, 2.45) is 0 Å². The van der Waals surface area contributed by atoms with Gasteiger partial charge in [0.1, 0.15) is 5.78 Å². The molecule has 0 atom stereocenters. The average Bonchev–Trinajstić information content (AvgIpc) is 2.17. The lowest BCUT2D eigenvalue weighted by Gasteiger charge is -2.19. The number of nitrogens with zero attached hydrogens (tertiary/aromatic N) is 1. The molecule has 0 aliphatic heterocycles. The third-order valence-electron chi connectivity index (χ3n) is 1.98. The molecule has 0 heterocycles. The lowest BCUT2D eigenvalue weighted by molar-refractivity contribution is -0.123. The van der Waals surface area contributed by atoms with Gasteiger partial charge in [0.05, 0.1) is 13.1 Å². The van der Waals surface area contributed by atoms with Gasteiger partial charge in [-0.05, 0) is 13.0 Å². The molecule has 0 aliphatic carbocycles. The third kappa shape index (κ3) is 5.70. The highest BCUT2D eigenvalue weighted by Crippen LogP contribution is 1.93. The quantitative estimate of drug-likeness (QED) is 0.648. The van der Waals surface area contributed by atoms with Gasteiger partial charge in [-0.3, -0.25) is 14.5 Å². The van der Waals surface area contributed by atoms with Crippen LogP contribution in [0.2, 0.25) is 0 Å². The zero-order valence-corrected chi connectivity index (χ0v) is 9.30. The van der Waals surface area contributed by atoms with Crippen molar-refractivity contribution in [3.8, 4) is 0 Å². The maximum Gasteiger partial charge on any atom is 0.233 e. The van der Waals surface area contributed by atoms with Crippen molar-refractivity contribution in [2.45, 2.75) is 26.7 Å². The minimum absolute atomic E-state index is 0.0395. The number of hydrogen-bond acceptors (Lipinski definition) is 3. The van der Waals surface area contributed by atoms with Gasteiger partial charge >= 0.3 is 0 Å². The monoisotopic (exact) mass is 200 g/mol. The lowest BCUT2D eigenvalue weighted by atomic mass is 10.2. The fraction of sp³-hybridized carbons (Fsp3) is 0.800. The number of carbonyl (C=O) groups is 2. The molecule has 0 bridgehead atoms. The number of ketones is 1. The summed E-state index contributed by atoms with van der Waals surface area (Å²) in [7, 11) is 1.61. The van der Waals surface area contributed by atoms with Crippen LogP contribution in [-0.2, 0) is 9.59 Å². The molecule has 0 unspecified atom stereocenters. The van der Waals surface area contributed by atoms with Crippen LogP contribution in [0.25, 0.3) is 0 Å². The summed E-state index contributed by atoms with van der Waals surface area (Å²) in [6.45, 7) is 5.37. The van der Waals surface area contributed by atoms with Crippen LogP contribution in [-0.4, -0.2) is 43.3 Å². The van der Waals surface area contributed by atoms with Gasteiger partial charge in [-0.25, -0.2) is 0 Å². The van der Waals surface area contributed by atoms with E-state index in [1.807, 2.05) is 18.7 Å². The Kier molecular flexibility index (Phi) is 7.02. The summed E-state index contributed by atoms with van der Waals surface area (Å²) in [5.41, 5.74) is 0. The smallest absolute Gasteiger partial charge is 0.233 e. The second-order valence-electron chi connectivity index (χ2n) is 3.28. The molecule has 0 aromatic rings. The first-order valence-corrected chi connectivity index (χ1v) is 5.08.